The van der Waals surface area contributed by atoms with E-state index in [0.717, 1.165) is 33.6 Å². The van der Waals surface area contributed by atoms with Gasteiger partial charge in [-0.05, 0) is 87.1 Å². The maximum Gasteiger partial charge on any atom is 0.310 e. The first-order valence-corrected chi connectivity index (χ1v) is 20.1. The molecule has 2 aliphatic rings. The van der Waals surface area contributed by atoms with Crippen molar-refractivity contribution >= 4 is 27.5 Å². The van der Waals surface area contributed by atoms with Crippen LogP contribution in [0.3, 0.4) is 0 Å². The number of carbonyl (C=O) groups excluding carboxylic acids is 1. The van der Waals surface area contributed by atoms with Crippen molar-refractivity contribution in [2.45, 2.75) is 83.3 Å². The molecular weight excluding hydrogens is 727 g/mol. The fraction of sp³-hybridized carbons (Fsp3) is 0.513. The van der Waals surface area contributed by atoms with Gasteiger partial charge in [-0.3, -0.25) is 14.0 Å². The number of sulfonamides is 1. The summed E-state index contributed by atoms with van der Waals surface area (Å²) in [5, 5.41) is 21.9. The number of nitrogens with zero attached hydrogens (tertiary/aromatic N) is 5. The van der Waals surface area contributed by atoms with Gasteiger partial charge in [-0.1, -0.05) is 18.2 Å². The summed E-state index contributed by atoms with van der Waals surface area (Å²) in [6, 6.07) is 10.8. The summed E-state index contributed by atoms with van der Waals surface area (Å²) in [4.78, 5) is 30.0. The number of nitrogens with one attached hydrogen (secondary N) is 1. The average Bonchev–Trinajstić information content (AvgIpc) is 3.50. The molecule has 1 atom stereocenters. The highest BCUT2D eigenvalue weighted by molar-refractivity contribution is 7.89. The van der Waals surface area contributed by atoms with E-state index in [9.17, 15) is 23.1 Å². The normalized spacial score (nSPS) is 17.3. The summed E-state index contributed by atoms with van der Waals surface area (Å²) in [6.07, 6.45) is 3.21. The Morgan fingerprint density at radius 1 is 1.09 bits per heavy atom. The number of aliphatic carboxylic acids is 1. The van der Waals surface area contributed by atoms with Crippen molar-refractivity contribution in [3.05, 3.63) is 81.9 Å². The van der Waals surface area contributed by atoms with E-state index >= 15 is 0 Å². The Morgan fingerprint density at radius 2 is 1.85 bits per heavy atom. The summed E-state index contributed by atoms with van der Waals surface area (Å²) in [5.41, 5.74) is 8.40. The first-order valence-electron chi connectivity index (χ1n) is 18.6. The number of fused-ring (bicyclic) bond motifs is 2. The van der Waals surface area contributed by atoms with Gasteiger partial charge in [0.1, 0.15) is 16.3 Å². The molecule has 3 aromatic heterocycles. The highest BCUT2D eigenvalue weighted by Crippen LogP contribution is 2.44. The number of amides is 1. The lowest BCUT2D eigenvalue weighted by Crippen LogP contribution is -2.50. The zero-order valence-corrected chi connectivity index (χ0v) is 32.9. The lowest BCUT2D eigenvalue weighted by atomic mass is 9.70. The van der Waals surface area contributed by atoms with Gasteiger partial charge in [0.05, 0.1) is 38.4 Å². The zero-order chi connectivity index (χ0) is 39.5. The smallest absolute Gasteiger partial charge is 0.310 e. The standard InChI is InChI=1S/C39H51N7O8S/c1-25-6-7-28(34(38(4,5)37(48)49)31-12-17-46-27(3)43-44-35(46)26(31)2)22-29(25)23-45-24-39(13-18-52-19-14-39)54-36-32(55(45,50)51)10-8-30(42-36)9-11-33(47)41-16-21-53-20-15-40/h6-8,10,12,17,22,34H,9,11,13-16,18-21,23-24,40H2,1-5H3,(H,41,47)(H,48,49)/t34-/m0/s1. The molecule has 296 valence electrons. The SMILES string of the molecule is Cc1ccc([C@@H](c2ccn3c(C)nnc3c2C)C(C)(C)C(=O)O)cc1CN1CC2(CCOCC2)Oc2nc(CCC(=O)NCCOCCN)ccc2S1(=O)=O. The van der Waals surface area contributed by atoms with Crippen LogP contribution < -0.4 is 15.8 Å². The molecule has 1 spiro atoms. The zero-order valence-electron chi connectivity index (χ0n) is 32.1. The number of rotatable bonds is 14. The van der Waals surface area contributed by atoms with E-state index in [1.165, 1.54) is 10.4 Å². The largest absolute Gasteiger partial charge is 0.481 e. The highest BCUT2D eigenvalue weighted by atomic mass is 32.2. The van der Waals surface area contributed by atoms with Crippen LogP contribution in [0.15, 0.2) is 47.5 Å². The molecule has 0 bridgehead atoms. The summed E-state index contributed by atoms with van der Waals surface area (Å²) in [5.74, 6) is -1.02. The second kappa shape index (κ2) is 16.3. The number of hydrogen-bond donors (Lipinski definition) is 3. The van der Waals surface area contributed by atoms with Crippen LogP contribution in [0, 0.1) is 26.2 Å². The van der Waals surface area contributed by atoms with Crippen LogP contribution in [0.4, 0.5) is 0 Å². The van der Waals surface area contributed by atoms with Gasteiger partial charge in [-0.25, -0.2) is 13.4 Å². The van der Waals surface area contributed by atoms with Crippen molar-refractivity contribution in [3.8, 4) is 5.88 Å². The minimum absolute atomic E-state index is 0.0147. The summed E-state index contributed by atoms with van der Waals surface area (Å²) in [6.45, 7) is 11.5. The predicted octanol–water partition coefficient (Wildman–Crippen LogP) is 3.45. The van der Waals surface area contributed by atoms with Gasteiger partial charge in [0.15, 0.2) is 5.65 Å². The van der Waals surface area contributed by atoms with Crippen molar-refractivity contribution in [2.24, 2.45) is 11.1 Å². The molecule has 15 nitrogen and oxygen atoms in total. The second-order valence-corrected chi connectivity index (χ2v) is 16.9. The summed E-state index contributed by atoms with van der Waals surface area (Å²) >= 11 is 0. The van der Waals surface area contributed by atoms with Crippen molar-refractivity contribution in [3.63, 3.8) is 0 Å². The van der Waals surface area contributed by atoms with Crippen LogP contribution in [0.2, 0.25) is 0 Å². The molecule has 6 rings (SSSR count). The van der Waals surface area contributed by atoms with Gasteiger partial charge in [-0.15, -0.1) is 10.2 Å². The number of carbonyl (C=O) groups is 2. The molecule has 0 aliphatic carbocycles. The molecule has 0 radical (unpaired) electrons. The Hall–Kier alpha value is -4.48. The third kappa shape index (κ3) is 8.38. The average molecular weight is 778 g/mol. The molecule has 4 aromatic rings. The Labute approximate surface area is 321 Å². The second-order valence-electron chi connectivity index (χ2n) is 15.0. The molecule has 1 aromatic carbocycles. The van der Waals surface area contributed by atoms with Gasteiger partial charge in [0, 0.05) is 56.7 Å². The van der Waals surface area contributed by atoms with Crippen molar-refractivity contribution in [1.29, 1.82) is 0 Å². The molecule has 0 unspecified atom stereocenters. The quantitative estimate of drug-likeness (QED) is 0.158. The minimum Gasteiger partial charge on any atom is -0.481 e. The molecule has 55 heavy (non-hydrogen) atoms. The molecule has 1 saturated heterocycles. The first-order chi connectivity index (χ1) is 26.2. The van der Waals surface area contributed by atoms with E-state index in [0.29, 0.717) is 63.7 Å². The van der Waals surface area contributed by atoms with Gasteiger partial charge in [0.2, 0.25) is 21.8 Å². The van der Waals surface area contributed by atoms with Gasteiger partial charge in [-0.2, -0.15) is 4.31 Å². The maximum atomic E-state index is 14.6. The van der Waals surface area contributed by atoms with Gasteiger partial charge < -0.3 is 30.4 Å². The van der Waals surface area contributed by atoms with Crippen molar-refractivity contribution in [1.82, 2.24) is 29.2 Å². The van der Waals surface area contributed by atoms with Crippen LogP contribution in [-0.2, 0) is 42.1 Å². The number of pyridine rings is 2. The van der Waals surface area contributed by atoms with E-state index in [1.807, 2.05) is 55.6 Å². The van der Waals surface area contributed by atoms with Crippen LogP contribution >= 0.6 is 0 Å². The number of carboxylic acids is 1. The molecule has 5 heterocycles. The van der Waals surface area contributed by atoms with Gasteiger partial charge in [0.25, 0.3) is 0 Å². The third-order valence-electron chi connectivity index (χ3n) is 10.8. The Balaban J connectivity index is 1.33. The lowest BCUT2D eigenvalue weighted by Gasteiger charge is -2.38. The molecular formula is C39H51N7O8S. The van der Waals surface area contributed by atoms with E-state index in [1.54, 1.807) is 19.9 Å². The number of aromatic nitrogens is 4. The number of carboxylic acid groups (broad SMARTS) is 1. The molecule has 1 amide bonds. The molecule has 16 heteroatoms. The molecule has 0 saturated carbocycles. The van der Waals surface area contributed by atoms with Gasteiger partial charge >= 0.3 is 5.97 Å². The summed E-state index contributed by atoms with van der Waals surface area (Å²) in [7, 11) is -4.14. The Morgan fingerprint density at radius 3 is 2.58 bits per heavy atom. The predicted molar refractivity (Wildman–Crippen MR) is 203 cm³/mol. The molecule has 1 fully saturated rings. The van der Waals surface area contributed by atoms with Crippen LogP contribution in [0.5, 0.6) is 5.88 Å². The Kier molecular flexibility index (Phi) is 11.9. The minimum atomic E-state index is -4.14. The fourth-order valence-electron chi connectivity index (χ4n) is 7.44. The van der Waals surface area contributed by atoms with Crippen LogP contribution in [-0.4, -0.2) is 101 Å². The number of ether oxygens (including phenoxy) is 3. The van der Waals surface area contributed by atoms with Crippen molar-refractivity contribution in [2.75, 3.05) is 46.1 Å². The van der Waals surface area contributed by atoms with Crippen LogP contribution in [0.25, 0.3) is 5.65 Å². The molecule has 4 N–H and O–H groups in total. The van der Waals surface area contributed by atoms with Crippen molar-refractivity contribution < 1.29 is 37.3 Å². The monoisotopic (exact) mass is 777 g/mol. The number of aryl methyl sites for hydroxylation is 4. The van der Waals surface area contributed by atoms with E-state index in [-0.39, 0.29) is 42.6 Å². The topological polar surface area (TPSA) is 201 Å². The summed E-state index contributed by atoms with van der Waals surface area (Å²) < 4.78 is 50.1. The van der Waals surface area contributed by atoms with E-state index in [4.69, 9.17) is 19.9 Å². The van der Waals surface area contributed by atoms with E-state index < -0.39 is 32.9 Å². The first kappa shape index (κ1) is 40.2. The highest BCUT2D eigenvalue weighted by Gasteiger charge is 2.46. The number of nitrogens with two attached hydrogens (primary N) is 1. The third-order valence-corrected chi connectivity index (χ3v) is 12.6. The fourth-order valence-corrected chi connectivity index (χ4v) is 8.99. The van der Waals surface area contributed by atoms with E-state index in [2.05, 4.69) is 20.5 Å². The number of hydrogen-bond acceptors (Lipinski definition) is 11. The molecule has 2 aliphatic heterocycles. The van der Waals surface area contributed by atoms with Crippen LogP contribution in [0.1, 0.15) is 78.4 Å². The lowest BCUT2D eigenvalue weighted by molar-refractivity contribution is -0.147. The number of benzene rings is 1. The Bertz CT molecular complexity index is 2160. The maximum absolute atomic E-state index is 14.6.